The van der Waals surface area contributed by atoms with Crippen LogP contribution in [0, 0.1) is 17.3 Å². The van der Waals surface area contributed by atoms with E-state index >= 15 is 0 Å². The number of amides is 2. The number of nitrogens with zero attached hydrogens (tertiary/aromatic N) is 2. The smallest absolute Gasteiger partial charge is 0.243 e. The number of benzene rings is 1. The molecule has 228 valence electrons. The van der Waals surface area contributed by atoms with Crippen LogP contribution in [0.4, 0.5) is 0 Å². The molecule has 2 aromatic rings. The van der Waals surface area contributed by atoms with Gasteiger partial charge in [-0.3, -0.25) is 14.4 Å². The number of likely N-dealkylation sites (tertiary alicyclic amines) is 1. The van der Waals surface area contributed by atoms with Gasteiger partial charge in [0.25, 0.3) is 0 Å². The Kier molecular flexibility index (Phi) is 7.94. The summed E-state index contributed by atoms with van der Waals surface area (Å²) < 4.78 is 31.5. The number of aromatic nitrogens is 1. The molecule has 0 unspecified atom stereocenters. The van der Waals surface area contributed by atoms with E-state index in [0.29, 0.717) is 29.1 Å². The molecule has 1 aromatic carbocycles. The zero-order valence-electron chi connectivity index (χ0n) is 24.4. The van der Waals surface area contributed by atoms with Gasteiger partial charge in [-0.05, 0) is 42.9 Å². The fourth-order valence-corrected chi connectivity index (χ4v) is 7.60. The number of halogens is 1. The summed E-state index contributed by atoms with van der Waals surface area (Å²) in [5, 5.41) is 4.43. The van der Waals surface area contributed by atoms with Crippen LogP contribution in [-0.4, -0.2) is 71.1 Å². The molecule has 5 rings (SSSR count). The summed E-state index contributed by atoms with van der Waals surface area (Å²) in [5.41, 5.74) is -1.69. The number of fused-ring (bicyclic) bond motifs is 1. The van der Waals surface area contributed by atoms with E-state index in [9.17, 15) is 22.8 Å². The second-order valence-corrected chi connectivity index (χ2v) is 15.6. The number of Topliss-reactive ketones (excluding diaryl/α,β-unsaturated/α-hetero) is 1. The van der Waals surface area contributed by atoms with Crippen LogP contribution in [0.15, 0.2) is 43.1 Å². The van der Waals surface area contributed by atoms with Gasteiger partial charge in [0.15, 0.2) is 15.6 Å². The van der Waals surface area contributed by atoms with Gasteiger partial charge >= 0.3 is 0 Å². The Morgan fingerprint density at radius 2 is 1.98 bits per heavy atom. The third-order valence-corrected chi connectivity index (χ3v) is 11.5. The number of carbonyl (C=O) groups is 3. The zero-order valence-corrected chi connectivity index (χ0v) is 26.0. The minimum absolute atomic E-state index is 0. The van der Waals surface area contributed by atoms with Crippen molar-refractivity contribution >= 4 is 49.8 Å². The Morgan fingerprint density at radius 1 is 1.26 bits per heavy atom. The predicted octanol–water partition coefficient (Wildman–Crippen LogP) is 4.37. The van der Waals surface area contributed by atoms with Gasteiger partial charge < -0.3 is 15.0 Å². The van der Waals surface area contributed by atoms with Gasteiger partial charge in [0.05, 0.1) is 11.8 Å². The molecule has 9 nitrogen and oxygen atoms in total. The van der Waals surface area contributed by atoms with Crippen molar-refractivity contribution in [2.24, 2.45) is 17.3 Å². The summed E-state index contributed by atoms with van der Waals surface area (Å²) >= 11 is 6.37. The zero-order chi connectivity index (χ0) is 30.6. The molecule has 0 spiro atoms. The molecular weight excluding hydrogens is 578 g/mol. The van der Waals surface area contributed by atoms with Crippen LogP contribution >= 0.6 is 11.6 Å². The van der Waals surface area contributed by atoms with Crippen molar-refractivity contribution in [2.45, 2.75) is 76.3 Å². The van der Waals surface area contributed by atoms with Crippen molar-refractivity contribution in [1.82, 2.24) is 15.2 Å². The lowest BCUT2D eigenvalue weighted by Gasteiger charge is -2.33. The van der Waals surface area contributed by atoms with Gasteiger partial charge in [0, 0.05) is 41.7 Å². The van der Waals surface area contributed by atoms with Crippen molar-refractivity contribution < 1.29 is 29.0 Å². The standard InChI is InChI=1S/C31H38ClN3O6S.H2/c1-6-19-15-31(19,26(36)17-42(39,40)21-10-11-21)34-27(37)25-14-20(16-35(25)29(38)18(2)30(3,4)5)41-28-23-8-7-9-24(32)22(23)12-13-33-28;/h6-9,12-13,18-21,25H,1,10-11,14-17H2,2-5H3,(H,34,37);1H/t18-,19-,20-,25+,31-;/m1./s1. The molecule has 42 heavy (non-hydrogen) atoms. The highest BCUT2D eigenvalue weighted by Gasteiger charge is 2.61. The molecule has 1 N–H and O–H groups in total. The molecule has 2 aliphatic carbocycles. The van der Waals surface area contributed by atoms with Gasteiger partial charge in [0.1, 0.15) is 23.4 Å². The van der Waals surface area contributed by atoms with Gasteiger partial charge in [0.2, 0.25) is 17.7 Å². The molecule has 3 aliphatic rings. The molecule has 2 saturated carbocycles. The molecule has 5 atom stereocenters. The fraction of sp³-hybridized carbons (Fsp3) is 0.548. The van der Waals surface area contributed by atoms with Crippen LogP contribution < -0.4 is 10.1 Å². The van der Waals surface area contributed by atoms with Crippen molar-refractivity contribution in [3.8, 4) is 5.88 Å². The number of nitrogens with one attached hydrogen (secondary N) is 1. The SMILES string of the molecule is C=C[C@@H]1C[C@]1(NC(=O)[C@@H]1C[C@@H](Oc2nccc3c(Cl)cccc23)CN1C(=O)[C@@H](C)C(C)(C)C)C(=O)CS(=O)(=O)C1CC1.[HH]. The number of rotatable bonds is 10. The molecule has 2 heterocycles. The van der Waals surface area contributed by atoms with E-state index in [1.165, 1.54) is 4.90 Å². The number of sulfone groups is 1. The first-order chi connectivity index (χ1) is 19.7. The first-order valence-corrected chi connectivity index (χ1v) is 16.5. The molecule has 0 bridgehead atoms. The van der Waals surface area contributed by atoms with E-state index in [1.54, 1.807) is 30.5 Å². The Morgan fingerprint density at radius 3 is 2.60 bits per heavy atom. The Balaban J connectivity index is 0.00000423. The highest BCUT2D eigenvalue weighted by atomic mass is 35.5. The van der Waals surface area contributed by atoms with Gasteiger partial charge in [-0.15, -0.1) is 6.58 Å². The van der Waals surface area contributed by atoms with Crippen LogP contribution in [0.5, 0.6) is 5.88 Å². The second-order valence-electron chi connectivity index (χ2n) is 13.0. The lowest BCUT2D eigenvalue weighted by Crippen LogP contribution is -2.55. The number of carbonyl (C=O) groups excluding carboxylic acids is 3. The number of ether oxygens (including phenoxy) is 1. The second kappa shape index (κ2) is 10.9. The summed E-state index contributed by atoms with van der Waals surface area (Å²) in [4.78, 5) is 46.9. The van der Waals surface area contributed by atoms with E-state index in [2.05, 4.69) is 16.9 Å². The maximum Gasteiger partial charge on any atom is 0.243 e. The summed E-state index contributed by atoms with van der Waals surface area (Å²) in [6.07, 6.45) is 4.20. The van der Waals surface area contributed by atoms with Crippen LogP contribution in [0.25, 0.3) is 10.8 Å². The van der Waals surface area contributed by atoms with Crippen molar-refractivity contribution in [3.05, 3.63) is 48.1 Å². The topological polar surface area (TPSA) is 123 Å². The molecule has 1 aromatic heterocycles. The highest BCUT2D eigenvalue weighted by Crippen LogP contribution is 2.46. The maximum atomic E-state index is 13.9. The molecule has 1 aliphatic heterocycles. The summed E-state index contributed by atoms with van der Waals surface area (Å²) in [7, 11) is -3.57. The van der Waals surface area contributed by atoms with E-state index in [0.717, 1.165) is 5.39 Å². The molecule has 1 saturated heterocycles. The largest absolute Gasteiger partial charge is 0.472 e. The van der Waals surface area contributed by atoms with E-state index in [-0.39, 0.29) is 38.1 Å². The lowest BCUT2D eigenvalue weighted by atomic mass is 9.81. The first kappa shape index (κ1) is 30.5. The van der Waals surface area contributed by atoms with Crippen LogP contribution in [0.1, 0.15) is 54.8 Å². The summed E-state index contributed by atoms with van der Waals surface area (Å²) in [5.74, 6) is -2.28. The third kappa shape index (κ3) is 5.80. The van der Waals surface area contributed by atoms with Crippen molar-refractivity contribution in [2.75, 3.05) is 12.3 Å². The number of hydrogen-bond donors (Lipinski definition) is 1. The minimum atomic E-state index is -3.57. The fourth-order valence-electron chi connectivity index (χ4n) is 5.65. The van der Waals surface area contributed by atoms with E-state index in [4.69, 9.17) is 16.3 Å². The normalized spacial score (nSPS) is 26.5. The summed E-state index contributed by atoms with van der Waals surface area (Å²) in [6.45, 7) is 11.7. The summed E-state index contributed by atoms with van der Waals surface area (Å²) in [6, 6.07) is 6.31. The third-order valence-electron chi connectivity index (χ3n) is 9.02. The monoisotopic (exact) mass is 617 g/mol. The predicted molar refractivity (Wildman–Crippen MR) is 163 cm³/mol. The van der Waals surface area contributed by atoms with Gasteiger partial charge in [-0.2, -0.15) is 0 Å². The van der Waals surface area contributed by atoms with E-state index in [1.807, 2.05) is 33.8 Å². The van der Waals surface area contributed by atoms with Crippen LogP contribution in [0.3, 0.4) is 0 Å². The molecule has 0 radical (unpaired) electrons. The van der Waals surface area contributed by atoms with Gasteiger partial charge in [-0.1, -0.05) is 51.4 Å². The number of hydrogen-bond acceptors (Lipinski definition) is 7. The average Bonchev–Trinajstić information content (AvgIpc) is 3.85. The van der Waals surface area contributed by atoms with Crippen LogP contribution in [-0.2, 0) is 24.2 Å². The van der Waals surface area contributed by atoms with Crippen molar-refractivity contribution in [1.29, 1.82) is 0 Å². The molecule has 2 amide bonds. The average molecular weight is 618 g/mol. The number of pyridine rings is 1. The number of ketones is 1. The lowest BCUT2D eigenvalue weighted by molar-refractivity contribution is -0.144. The van der Waals surface area contributed by atoms with Crippen LogP contribution in [0.2, 0.25) is 5.02 Å². The van der Waals surface area contributed by atoms with Crippen molar-refractivity contribution in [3.63, 3.8) is 0 Å². The molecule has 11 heteroatoms. The van der Waals surface area contributed by atoms with Gasteiger partial charge in [-0.25, -0.2) is 13.4 Å². The minimum Gasteiger partial charge on any atom is -0.472 e. The first-order valence-electron chi connectivity index (χ1n) is 14.4. The molecular formula is C31H40ClN3O6S. The highest BCUT2D eigenvalue weighted by molar-refractivity contribution is 7.93. The Hall–Kier alpha value is -2.98. The van der Waals surface area contributed by atoms with E-state index < -0.39 is 56.1 Å². The maximum absolute atomic E-state index is 13.9. The molecule has 3 fully saturated rings. The Labute approximate surface area is 253 Å². The quantitative estimate of drug-likeness (QED) is 0.393. The Bertz CT molecular complexity index is 1560.